The van der Waals surface area contributed by atoms with Crippen LogP contribution in [0.15, 0.2) is 57.4 Å². The molecule has 1 amide bonds. The average Bonchev–Trinajstić information content (AvgIpc) is 3.13. The van der Waals surface area contributed by atoms with Gasteiger partial charge >= 0.3 is 0 Å². The highest BCUT2D eigenvalue weighted by Gasteiger charge is 2.19. The predicted octanol–water partition coefficient (Wildman–Crippen LogP) is 5.46. The maximum absolute atomic E-state index is 12.8. The van der Waals surface area contributed by atoms with Crippen LogP contribution in [0.5, 0.6) is 0 Å². The quantitative estimate of drug-likeness (QED) is 0.475. The van der Waals surface area contributed by atoms with Crippen LogP contribution in [0.25, 0.3) is 22.4 Å². The van der Waals surface area contributed by atoms with Crippen LogP contribution in [0.2, 0.25) is 0 Å². The molecule has 2 aromatic heterocycles. The van der Waals surface area contributed by atoms with Gasteiger partial charge in [0.15, 0.2) is 0 Å². The summed E-state index contributed by atoms with van der Waals surface area (Å²) in [6.07, 6.45) is 0. The molecule has 0 saturated carbocycles. The van der Waals surface area contributed by atoms with Crippen molar-refractivity contribution in [2.75, 3.05) is 5.32 Å². The highest BCUT2D eigenvalue weighted by atomic mass is 79.9. The van der Waals surface area contributed by atoms with Gasteiger partial charge in [-0.15, -0.1) is 0 Å². The number of halogens is 1. The summed E-state index contributed by atoms with van der Waals surface area (Å²) in [6, 6.07) is 15.4. The number of amides is 1. The number of carbonyl (C=O) groups is 1. The van der Waals surface area contributed by atoms with Crippen molar-refractivity contribution in [2.45, 2.75) is 13.8 Å². The Kier molecular flexibility index (Phi) is 4.36. The molecule has 0 spiro atoms. The van der Waals surface area contributed by atoms with Gasteiger partial charge in [0.1, 0.15) is 11.5 Å². The van der Waals surface area contributed by atoms with Crippen LogP contribution in [0.4, 0.5) is 5.69 Å². The summed E-state index contributed by atoms with van der Waals surface area (Å²) in [7, 11) is 1.89. The smallest absolute Gasteiger partial charge is 0.273 e. The number of aryl methyl sites for hydroxylation is 3. The van der Waals surface area contributed by atoms with E-state index >= 15 is 0 Å². The number of carbonyl (C=O) groups excluding carboxylic acids is 1. The lowest BCUT2D eigenvalue weighted by Gasteiger charge is -2.08. The van der Waals surface area contributed by atoms with E-state index in [1.807, 2.05) is 74.0 Å². The van der Waals surface area contributed by atoms with Gasteiger partial charge in [-0.2, -0.15) is 0 Å². The Morgan fingerprint density at radius 1 is 1.11 bits per heavy atom. The minimum atomic E-state index is -0.170. The molecule has 4 rings (SSSR count). The van der Waals surface area contributed by atoms with E-state index in [1.54, 1.807) is 0 Å². The molecule has 0 unspecified atom stereocenters. The van der Waals surface area contributed by atoms with Gasteiger partial charge in [-0.1, -0.05) is 18.2 Å². The van der Waals surface area contributed by atoms with Crippen LogP contribution in [0.3, 0.4) is 0 Å². The number of hydrogen-bond acceptors (Lipinski definition) is 3. The molecule has 0 saturated heterocycles. The van der Waals surface area contributed by atoms with Crippen molar-refractivity contribution in [1.82, 2.24) is 9.55 Å². The molecule has 4 aromatic rings. The Balaban J connectivity index is 1.60. The average molecular weight is 424 g/mol. The summed E-state index contributed by atoms with van der Waals surface area (Å²) in [5.74, 6) is 1.22. The van der Waals surface area contributed by atoms with Gasteiger partial charge in [-0.25, -0.2) is 4.98 Å². The van der Waals surface area contributed by atoms with Gasteiger partial charge in [-0.05, 0) is 60.1 Å². The minimum absolute atomic E-state index is 0.170. The summed E-state index contributed by atoms with van der Waals surface area (Å²) < 4.78 is 8.33. The normalized spacial score (nSPS) is 11.1. The zero-order valence-corrected chi connectivity index (χ0v) is 16.8. The van der Waals surface area contributed by atoms with Crippen LogP contribution < -0.4 is 5.32 Å². The number of anilines is 1. The molecule has 0 fully saturated rings. The Hall–Kier alpha value is -2.86. The molecule has 0 radical (unpaired) electrons. The molecule has 136 valence electrons. The predicted molar refractivity (Wildman–Crippen MR) is 110 cm³/mol. The van der Waals surface area contributed by atoms with Crippen LogP contribution in [0, 0.1) is 13.8 Å². The number of rotatable bonds is 3. The fraction of sp³-hybridized carbons (Fsp3) is 0.143. The number of fused-ring (bicyclic) bond motifs is 1. The van der Waals surface area contributed by atoms with Gasteiger partial charge < -0.3 is 14.3 Å². The van der Waals surface area contributed by atoms with Crippen LogP contribution >= 0.6 is 15.9 Å². The standard InChI is InChI=1S/C21H18BrN3O2/c1-12-13(2)27-21(23-12)14-8-10-15(11-9-14)24-20(26)19-18(22)16-6-4-5-7-17(16)25(19)3/h4-11H,1-3H3,(H,24,26). The lowest BCUT2D eigenvalue weighted by atomic mass is 10.2. The van der Waals surface area contributed by atoms with E-state index in [-0.39, 0.29) is 5.91 Å². The van der Waals surface area contributed by atoms with Crippen molar-refractivity contribution < 1.29 is 9.21 Å². The second kappa shape index (κ2) is 6.70. The van der Waals surface area contributed by atoms with Gasteiger partial charge in [0.05, 0.1) is 10.2 Å². The van der Waals surface area contributed by atoms with Gasteiger partial charge in [0.25, 0.3) is 5.91 Å². The number of benzene rings is 2. The molecule has 1 N–H and O–H groups in total. The molecule has 27 heavy (non-hydrogen) atoms. The highest BCUT2D eigenvalue weighted by Crippen LogP contribution is 2.31. The van der Waals surface area contributed by atoms with Gasteiger partial charge in [0.2, 0.25) is 5.89 Å². The molecule has 0 aliphatic carbocycles. The first-order chi connectivity index (χ1) is 13.0. The molecule has 0 aliphatic rings. The van der Waals surface area contributed by atoms with Crippen molar-refractivity contribution in [3.8, 4) is 11.5 Å². The largest absolute Gasteiger partial charge is 0.441 e. The number of hydrogen-bond donors (Lipinski definition) is 1. The second-order valence-corrected chi connectivity index (χ2v) is 7.22. The molecule has 0 atom stereocenters. The van der Waals surface area contributed by atoms with Crippen molar-refractivity contribution in [1.29, 1.82) is 0 Å². The number of oxazole rings is 1. The fourth-order valence-corrected chi connectivity index (χ4v) is 3.86. The third-order valence-corrected chi connectivity index (χ3v) is 5.48. The highest BCUT2D eigenvalue weighted by molar-refractivity contribution is 9.10. The maximum Gasteiger partial charge on any atom is 0.273 e. The summed E-state index contributed by atoms with van der Waals surface area (Å²) in [6.45, 7) is 3.81. The van der Waals surface area contributed by atoms with E-state index < -0.39 is 0 Å². The van der Waals surface area contributed by atoms with E-state index in [1.165, 1.54) is 0 Å². The maximum atomic E-state index is 12.8. The molecule has 0 bridgehead atoms. The van der Waals surface area contributed by atoms with E-state index in [0.29, 0.717) is 17.3 Å². The molecule has 6 heteroatoms. The third-order valence-electron chi connectivity index (χ3n) is 4.68. The van der Waals surface area contributed by atoms with Crippen molar-refractivity contribution >= 4 is 38.4 Å². The first-order valence-corrected chi connectivity index (χ1v) is 9.33. The number of para-hydroxylation sites is 1. The first-order valence-electron chi connectivity index (χ1n) is 8.54. The summed E-state index contributed by atoms with van der Waals surface area (Å²) >= 11 is 3.57. The topological polar surface area (TPSA) is 60.1 Å². The lowest BCUT2D eigenvalue weighted by Crippen LogP contribution is -2.16. The molecule has 2 heterocycles. The van der Waals surface area contributed by atoms with Crippen molar-refractivity contribution in [3.05, 3.63) is 70.2 Å². The van der Waals surface area contributed by atoms with Gasteiger partial charge in [0, 0.05) is 29.2 Å². The number of nitrogens with one attached hydrogen (secondary N) is 1. The zero-order valence-electron chi connectivity index (χ0n) is 15.2. The molecule has 0 aliphatic heterocycles. The van der Waals surface area contributed by atoms with Crippen LogP contribution in [0.1, 0.15) is 21.9 Å². The Morgan fingerprint density at radius 2 is 1.81 bits per heavy atom. The summed E-state index contributed by atoms with van der Waals surface area (Å²) in [4.78, 5) is 17.2. The van der Waals surface area contributed by atoms with Crippen LogP contribution in [-0.2, 0) is 7.05 Å². The van der Waals surface area contributed by atoms with Crippen molar-refractivity contribution in [2.24, 2.45) is 7.05 Å². The first kappa shape index (κ1) is 17.5. The lowest BCUT2D eigenvalue weighted by molar-refractivity contribution is 0.101. The van der Waals surface area contributed by atoms with E-state index in [4.69, 9.17) is 4.42 Å². The molecular formula is C21H18BrN3O2. The Morgan fingerprint density at radius 3 is 2.44 bits per heavy atom. The van der Waals surface area contributed by atoms with E-state index in [0.717, 1.165) is 32.4 Å². The number of nitrogens with zero attached hydrogens (tertiary/aromatic N) is 2. The van der Waals surface area contributed by atoms with Crippen LogP contribution in [-0.4, -0.2) is 15.5 Å². The zero-order chi connectivity index (χ0) is 19.1. The van der Waals surface area contributed by atoms with E-state index in [9.17, 15) is 4.79 Å². The monoisotopic (exact) mass is 423 g/mol. The third kappa shape index (κ3) is 3.06. The molecule has 5 nitrogen and oxygen atoms in total. The second-order valence-electron chi connectivity index (χ2n) is 6.43. The van der Waals surface area contributed by atoms with Crippen molar-refractivity contribution in [3.63, 3.8) is 0 Å². The Labute approximate surface area is 165 Å². The van der Waals surface area contributed by atoms with Gasteiger partial charge in [-0.3, -0.25) is 4.79 Å². The minimum Gasteiger partial charge on any atom is -0.441 e. The summed E-state index contributed by atoms with van der Waals surface area (Å²) in [5, 5.41) is 3.96. The fourth-order valence-electron chi connectivity index (χ4n) is 3.08. The van der Waals surface area contributed by atoms with E-state index in [2.05, 4.69) is 26.2 Å². The Bertz CT molecular complexity index is 1100. The summed E-state index contributed by atoms with van der Waals surface area (Å²) in [5.41, 5.74) is 4.04. The number of aromatic nitrogens is 2. The molecule has 2 aromatic carbocycles. The molecular weight excluding hydrogens is 406 g/mol. The SMILES string of the molecule is Cc1nc(-c2ccc(NC(=O)c3c(Br)c4ccccc4n3C)cc2)oc1C.